The van der Waals surface area contributed by atoms with Gasteiger partial charge in [-0.15, -0.1) is 0 Å². The largest absolute Gasteiger partial charge is 0.497 e. The number of hydrogen-bond donors (Lipinski definition) is 0. The topological polar surface area (TPSA) is 9.23 Å². The fourth-order valence-corrected chi connectivity index (χ4v) is 1.79. The van der Waals surface area contributed by atoms with Crippen LogP contribution in [0.5, 0.6) is 0 Å². The van der Waals surface area contributed by atoms with Gasteiger partial charge in [0.1, 0.15) is 5.76 Å². The first-order chi connectivity index (χ1) is 6.25. The zero-order chi connectivity index (χ0) is 9.26. The molecule has 0 spiro atoms. The summed E-state index contributed by atoms with van der Waals surface area (Å²) in [4.78, 5) is 0. The summed E-state index contributed by atoms with van der Waals surface area (Å²) in [5.74, 6) is 1.85. The second-order valence-corrected chi connectivity index (χ2v) is 4.05. The third kappa shape index (κ3) is 1.85. The number of hydrogen-bond acceptors (Lipinski definition) is 1. The fraction of sp³-hybridized carbons (Fsp3) is 0.500. The van der Waals surface area contributed by atoms with Crippen LogP contribution in [0.1, 0.15) is 26.7 Å². The van der Waals surface area contributed by atoms with E-state index in [9.17, 15) is 0 Å². The molecule has 13 heavy (non-hydrogen) atoms. The van der Waals surface area contributed by atoms with Crippen molar-refractivity contribution in [3.63, 3.8) is 0 Å². The van der Waals surface area contributed by atoms with Gasteiger partial charge in [0, 0.05) is 6.42 Å². The molecular weight excluding hydrogens is 160 g/mol. The molecule has 2 aliphatic rings. The van der Waals surface area contributed by atoms with Gasteiger partial charge in [-0.1, -0.05) is 30.7 Å². The van der Waals surface area contributed by atoms with Crippen LogP contribution >= 0.6 is 0 Å². The number of rotatable bonds is 0. The molecule has 0 N–H and O–H groups in total. The zero-order valence-electron chi connectivity index (χ0n) is 8.34. The van der Waals surface area contributed by atoms with Crippen molar-refractivity contribution in [3.05, 3.63) is 35.1 Å². The summed E-state index contributed by atoms with van der Waals surface area (Å²) in [5.41, 5.74) is 2.73. The maximum Gasteiger partial charge on any atom is 0.103 e. The molecule has 1 unspecified atom stereocenters. The minimum atomic E-state index is 0.668. The summed E-state index contributed by atoms with van der Waals surface area (Å²) in [6.07, 6.45) is 8.77. The van der Waals surface area contributed by atoms with Gasteiger partial charge in [0.15, 0.2) is 0 Å². The highest BCUT2D eigenvalue weighted by Crippen LogP contribution is 2.28. The van der Waals surface area contributed by atoms with E-state index in [0.29, 0.717) is 5.92 Å². The Morgan fingerprint density at radius 3 is 3.08 bits per heavy atom. The van der Waals surface area contributed by atoms with Crippen molar-refractivity contribution in [2.75, 3.05) is 6.61 Å². The van der Waals surface area contributed by atoms with E-state index in [1.165, 1.54) is 23.3 Å². The van der Waals surface area contributed by atoms with Crippen molar-refractivity contribution in [1.82, 2.24) is 0 Å². The van der Waals surface area contributed by atoms with Crippen molar-refractivity contribution in [1.29, 1.82) is 0 Å². The van der Waals surface area contributed by atoms with Gasteiger partial charge in [0.2, 0.25) is 0 Å². The molecule has 0 aromatic rings. The first-order valence-electron chi connectivity index (χ1n) is 4.95. The summed E-state index contributed by atoms with van der Waals surface area (Å²) in [6, 6.07) is 0. The third-order valence-electron chi connectivity index (χ3n) is 2.63. The van der Waals surface area contributed by atoms with E-state index in [1.54, 1.807) is 0 Å². The maximum absolute atomic E-state index is 5.71. The van der Waals surface area contributed by atoms with Crippen LogP contribution in [0.2, 0.25) is 0 Å². The first kappa shape index (κ1) is 8.61. The van der Waals surface area contributed by atoms with Gasteiger partial charge in [-0.2, -0.15) is 0 Å². The first-order valence-corrected chi connectivity index (χ1v) is 4.95. The molecular formula is C12H16O. The second-order valence-electron chi connectivity index (χ2n) is 4.05. The molecule has 0 fully saturated rings. The Hall–Kier alpha value is -0.980. The lowest BCUT2D eigenvalue weighted by Gasteiger charge is -2.23. The Morgan fingerprint density at radius 2 is 2.23 bits per heavy atom. The van der Waals surface area contributed by atoms with Gasteiger partial charge in [-0.3, -0.25) is 0 Å². The summed E-state index contributed by atoms with van der Waals surface area (Å²) in [6.45, 7) is 5.26. The van der Waals surface area contributed by atoms with Crippen LogP contribution in [0.15, 0.2) is 35.1 Å². The highest BCUT2D eigenvalue weighted by molar-refractivity contribution is 5.34. The molecule has 0 amide bonds. The number of ether oxygens (including phenoxy) is 1. The molecule has 1 aliphatic carbocycles. The number of allylic oxidation sites excluding steroid dienone is 5. The highest BCUT2D eigenvalue weighted by atomic mass is 16.5. The quantitative estimate of drug-likeness (QED) is 0.550. The smallest absolute Gasteiger partial charge is 0.103 e. The molecule has 1 heteroatoms. The van der Waals surface area contributed by atoms with Crippen LogP contribution in [0.4, 0.5) is 0 Å². The molecule has 1 heterocycles. The third-order valence-corrected chi connectivity index (χ3v) is 2.63. The van der Waals surface area contributed by atoms with Gasteiger partial charge in [0.25, 0.3) is 0 Å². The minimum Gasteiger partial charge on any atom is -0.497 e. The second kappa shape index (κ2) is 3.41. The minimum absolute atomic E-state index is 0.668. The molecule has 0 saturated heterocycles. The van der Waals surface area contributed by atoms with E-state index in [4.69, 9.17) is 4.74 Å². The summed E-state index contributed by atoms with van der Waals surface area (Å²) in [5, 5.41) is 0. The van der Waals surface area contributed by atoms with E-state index in [1.807, 2.05) is 0 Å². The average Bonchev–Trinajstić information content (AvgIpc) is 2.29. The van der Waals surface area contributed by atoms with Crippen molar-refractivity contribution in [2.45, 2.75) is 26.7 Å². The zero-order valence-corrected chi connectivity index (χ0v) is 8.34. The van der Waals surface area contributed by atoms with Gasteiger partial charge < -0.3 is 4.74 Å². The van der Waals surface area contributed by atoms with Gasteiger partial charge in [-0.25, -0.2) is 0 Å². The SMILES string of the molecule is CC1=CCC2=C(C=C1)CC(C)CO2. The van der Waals surface area contributed by atoms with Gasteiger partial charge in [0.05, 0.1) is 6.61 Å². The van der Waals surface area contributed by atoms with Crippen molar-refractivity contribution < 1.29 is 4.74 Å². The summed E-state index contributed by atoms with van der Waals surface area (Å²) >= 11 is 0. The molecule has 0 aromatic carbocycles. The maximum atomic E-state index is 5.71. The Labute approximate surface area is 79.8 Å². The van der Waals surface area contributed by atoms with Crippen molar-refractivity contribution >= 4 is 0 Å². The molecule has 70 valence electrons. The molecule has 0 saturated carbocycles. The molecule has 0 aromatic heterocycles. The van der Waals surface area contributed by atoms with E-state index >= 15 is 0 Å². The lowest BCUT2D eigenvalue weighted by Crippen LogP contribution is -2.13. The molecule has 1 nitrogen and oxygen atoms in total. The van der Waals surface area contributed by atoms with Crippen molar-refractivity contribution in [3.8, 4) is 0 Å². The predicted molar refractivity (Wildman–Crippen MR) is 54.3 cm³/mol. The van der Waals surface area contributed by atoms with Crippen LogP contribution in [0.3, 0.4) is 0 Å². The fourth-order valence-electron chi connectivity index (χ4n) is 1.79. The Bertz CT molecular complexity index is 294. The summed E-state index contributed by atoms with van der Waals surface area (Å²) < 4.78 is 5.71. The molecule has 2 rings (SSSR count). The standard InChI is InChI=1S/C12H16O/c1-9-3-5-11-7-10(2)8-13-12(11)6-4-9/h3-5,10H,6-8H2,1-2H3. The van der Waals surface area contributed by atoms with Crippen LogP contribution in [-0.4, -0.2) is 6.61 Å². The monoisotopic (exact) mass is 176 g/mol. The molecule has 0 radical (unpaired) electrons. The van der Waals surface area contributed by atoms with Crippen LogP contribution in [0, 0.1) is 5.92 Å². The lowest BCUT2D eigenvalue weighted by atomic mass is 9.97. The Morgan fingerprint density at radius 1 is 1.38 bits per heavy atom. The molecule has 1 aliphatic heterocycles. The van der Waals surface area contributed by atoms with Crippen LogP contribution in [0.25, 0.3) is 0 Å². The summed E-state index contributed by atoms with van der Waals surface area (Å²) in [7, 11) is 0. The van der Waals surface area contributed by atoms with Gasteiger partial charge >= 0.3 is 0 Å². The normalized spacial score (nSPS) is 27.5. The van der Waals surface area contributed by atoms with E-state index in [2.05, 4.69) is 32.1 Å². The predicted octanol–water partition coefficient (Wildman–Crippen LogP) is 3.20. The van der Waals surface area contributed by atoms with Gasteiger partial charge in [-0.05, 0) is 24.8 Å². The molecule has 0 bridgehead atoms. The van der Waals surface area contributed by atoms with Crippen LogP contribution in [-0.2, 0) is 4.74 Å². The lowest BCUT2D eigenvalue weighted by molar-refractivity contribution is 0.146. The van der Waals surface area contributed by atoms with Crippen molar-refractivity contribution in [2.24, 2.45) is 5.92 Å². The Balaban J connectivity index is 2.24. The Kier molecular flexibility index (Phi) is 2.26. The molecule has 1 atom stereocenters. The van der Waals surface area contributed by atoms with Crippen LogP contribution < -0.4 is 0 Å². The average molecular weight is 176 g/mol. The highest BCUT2D eigenvalue weighted by Gasteiger charge is 2.17. The van der Waals surface area contributed by atoms with E-state index in [0.717, 1.165) is 13.0 Å². The van der Waals surface area contributed by atoms with E-state index in [-0.39, 0.29) is 0 Å². The van der Waals surface area contributed by atoms with E-state index < -0.39 is 0 Å².